The van der Waals surface area contributed by atoms with Crippen molar-refractivity contribution in [3.8, 4) is 0 Å². The fourth-order valence-corrected chi connectivity index (χ4v) is 2.30. The van der Waals surface area contributed by atoms with Gasteiger partial charge in [0.1, 0.15) is 5.82 Å². The van der Waals surface area contributed by atoms with E-state index in [2.05, 4.69) is 15.3 Å². The van der Waals surface area contributed by atoms with E-state index >= 15 is 0 Å². The van der Waals surface area contributed by atoms with E-state index < -0.39 is 12.0 Å². The molecule has 3 rings (SSSR count). The van der Waals surface area contributed by atoms with Gasteiger partial charge in [-0.15, -0.1) is 15.3 Å². The molecule has 2 heterocycles. The molecule has 0 aliphatic heterocycles. The van der Waals surface area contributed by atoms with E-state index in [0.717, 1.165) is 10.1 Å². The van der Waals surface area contributed by atoms with Gasteiger partial charge >= 0.3 is 6.18 Å². The van der Waals surface area contributed by atoms with E-state index in [1.807, 2.05) is 37.3 Å². The molecule has 0 unspecified atom stereocenters. The Morgan fingerprint density at radius 1 is 1.04 bits per heavy atom. The molecule has 0 aliphatic rings. The van der Waals surface area contributed by atoms with Crippen molar-refractivity contribution >= 4 is 11.5 Å². The van der Waals surface area contributed by atoms with Crippen LogP contribution in [0.1, 0.15) is 24.4 Å². The van der Waals surface area contributed by atoms with Crippen LogP contribution in [0.3, 0.4) is 0 Å². The van der Waals surface area contributed by atoms with Gasteiger partial charge in [0.25, 0.3) is 5.82 Å². The smallest absolute Gasteiger partial charge is 0.351 e. The van der Waals surface area contributed by atoms with E-state index in [-0.39, 0.29) is 11.7 Å². The predicted molar refractivity (Wildman–Crippen MR) is 79.0 cm³/mol. The third-order valence-electron chi connectivity index (χ3n) is 3.73. The van der Waals surface area contributed by atoms with Crippen LogP contribution in [0, 0.1) is 0 Å². The third kappa shape index (κ3) is 2.84. The van der Waals surface area contributed by atoms with Crippen molar-refractivity contribution in [3.63, 3.8) is 0 Å². The van der Waals surface area contributed by atoms with Crippen LogP contribution in [-0.2, 0) is 6.18 Å². The molecule has 0 radical (unpaired) electrons. The Morgan fingerprint density at radius 3 is 2.39 bits per heavy atom. The number of benzene rings is 1. The SMILES string of the molecule is C[C@H](c1ccccc1)N(C)c1ccc2nnc(C(F)(F)F)n2n1. The summed E-state index contributed by atoms with van der Waals surface area (Å²) in [6.45, 7) is 1.96. The largest absolute Gasteiger partial charge is 0.453 e. The average Bonchev–Trinajstić information content (AvgIpc) is 2.97. The molecule has 0 saturated heterocycles. The molecule has 8 heteroatoms. The minimum Gasteiger partial charge on any atom is -0.351 e. The number of anilines is 1. The number of alkyl halides is 3. The van der Waals surface area contributed by atoms with Crippen molar-refractivity contribution in [2.75, 3.05) is 11.9 Å². The van der Waals surface area contributed by atoms with E-state index in [0.29, 0.717) is 5.82 Å². The molecule has 0 fully saturated rings. The van der Waals surface area contributed by atoms with Crippen LogP contribution in [-0.4, -0.2) is 26.9 Å². The Labute approximate surface area is 130 Å². The van der Waals surface area contributed by atoms with Gasteiger partial charge in [0, 0.05) is 7.05 Å². The van der Waals surface area contributed by atoms with E-state index in [1.54, 1.807) is 18.0 Å². The standard InChI is InChI=1S/C15H14F3N5/c1-10(11-6-4-3-5-7-11)22(2)13-9-8-12-19-20-14(15(16,17)18)23(12)21-13/h3-10H,1-2H3/t10-/m1/s1. The maximum atomic E-state index is 12.9. The van der Waals surface area contributed by atoms with Gasteiger partial charge in [-0.3, -0.25) is 0 Å². The second kappa shape index (κ2) is 5.53. The lowest BCUT2D eigenvalue weighted by Gasteiger charge is -2.26. The Balaban J connectivity index is 1.99. The van der Waals surface area contributed by atoms with Crippen LogP contribution in [0.25, 0.3) is 5.65 Å². The first-order valence-electron chi connectivity index (χ1n) is 6.95. The number of aromatic nitrogens is 4. The second-order valence-electron chi connectivity index (χ2n) is 5.18. The summed E-state index contributed by atoms with van der Waals surface area (Å²) in [5.74, 6) is -0.728. The van der Waals surface area contributed by atoms with E-state index in [1.165, 1.54) is 6.07 Å². The summed E-state index contributed by atoms with van der Waals surface area (Å²) in [6.07, 6.45) is -4.60. The van der Waals surface area contributed by atoms with Gasteiger partial charge < -0.3 is 4.90 Å². The van der Waals surface area contributed by atoms with Gasteiger partial charge in [-0.05, 0) is 24.6 Å². The molecule has 0 aliphatic carbocycles. The highest BCUT2D eigenvalue weighted by atomic mass is 19.4. The topological polar surface area (TPSA) is 46.3 Å². The van der Waals surface area contributed by atoms with Crippen LogP contribution in [0.2, 0.25) is 0 Å². The summed E-state index contributed by atoms with van der Waals surface area (Å²) >= 11 is 0. The van der Waals surface area contributed by atoms with Gasteiger partial charge in [0.05, 0.1) is 6.04 Å². The molecule has 120 valence electrons. The first-order valence-corrected chi connectivity index (χ1v) is 6.95. The molecule has 1 aromatic carbocycles. The van der Waals surface area contributed by atoms with Crippen LogP contribution >= 0.6 is 0 Å². The lowest BCUT2D eigenvalue weighted by Crippen LogP contribution is -2.24. The molecule has 0 N–H and O–H groups in total. The molecule has 5 nitrogen and oxygen atoms in total. The Morgan fingerprint density at radius 2 is 1.74 bits per heavy atom. The number of fused-ring (bicyclic) bond motifs is 1. The van der Waals surface area contributed by atoms with Crippen molar-refractivity contribution in [1.29, 1.82) is 0 Å². The van der Waals surface area contributed by atoms with Gasteiger partial charge in [-0.2, -0.15) is 17.7 Å². The van der Waals surface area contributed by atoms with Gasteiger partial charge in [0.15, 0.2) is 5.65 Å². The zero-order chi connectivity index (χ0) is 16.6. The predicted octanol–water partition coefficient (Wildman–Crippen LogP) is 3.34. The lowest BCUT2D eigenvalue weighted by atomic mass is 10.1. The monoisotopic (exact) mass is 321 g/mol. The molecule has 1 atom stereocenters. The number of rotatable bonds is 3. The van der Waals surface area contributed by atoms with Crippen molar-refractivity contribution in [1.82, 2.24) is 19.8 Å². The van der Waals surface area contributed by atoms with Crippen LogP contribution in [0.4, 0.5) is 19.0 Å². The quantitative estimate of drug-likeness (QED) is 0.742. The molecule has 0 bridgehead atoms. The fraction of sp³-hybridized carbons (Fsp3) is 0.267. The minimum absolute atomic E-state index is 0.0491. The fourth-order valence-electron chi connectivity index (χ4n) is 2.30. The van der Waals surface area contributed by atoms with Gasteiger partial charge in [-0.25, -0.2) is 0 Å². The summed E-state index contributed by atoms with van der Waals surface area (Å²) in [7, 11) is 1.78. The van der Waals surface area contributed by atoms with Crippen LogP contribution in [0.5, 0.6) is 0 Å². The van der Waals surface area contributed by atoms with Gasteiger partial charge in [-0.1, -0.05) is 30.3 Å². The van der Waals surface area contributed by atoms with Crippen molar-refractivity contribution in [2.45, 2.75) is 19.1 Å². The Bertz CT molecular complexity index is 813. The van der Waals surface area contributed by atoms with Crippen LogP contribution < -0.4 is 4.90 Å². The van der Waals surface area contributed by atoms with E-state index in [9.17, 15) is 13.2 Å². The first-order chi connectivity index (χ1) is 10.9. The molecule has 3 aromatic rings. The molecule has 0 saturated carbocycles. The van der Waals surface area contributed by atoms with Crippen molar-refractivity contribution in [3.05, 3.63) is 53.9 Å². The highest BCUT2D eigenvalue weighted by Gasteiger charge is 2.37. The Hall–Kier alpha value is -2.64. The Kier molecular flexibility index (Phi) is 3.67. The second-order valence-corrected chi connectivity index (χ2v) is 5.18. The molecular weight excluding hydrogens is 307 g/mol. The summed E-state index contributed by atoms with van der Waals surface area (Å²) in [5, 5.41) is 10.7. The molecular formula is C15H14F3N5. The number of nitrogens with zero attached hydrogens (tertiary/aromatic N) is 5. The maximum Gasteiger partial charge on any atom is 0.453 e. The summed E-state index contributed by atoms with van der Waals surface area (Å²) in [5.41, 5.74) is 1.10. The lowest BCUT2D eigenvalue weighted by molar-refractivity contribution is -0.146. The van der Waals surface area contributed by atoms with Crippen molar-refractivity contribution in [2.24, 2.45) is 0 Å². The normalized spacial score (nSPS) is 13.3. The van der Waals surface area contributed by atoms with Crippen molar-refractivity contribution < 1.29 is 13.2 Å². The van der Waals surface area contributed by atoms with E-state index in [4.69, 9.17) is 0 Å². The first kappa shape index (κ1) is 15.3. The molecule has 0 spiro atoms. The average molecular weight is 321 g/mol. The van der Waals surface area contributed by atoms with Crippen LogP contribution in [0.15, 0.2) is 42.5 Å². The highest BCUT2D eigenvalue weighted by Crippen LogP contribution is 2.29. The highest BCUT2D eigenvalue weighted by molar-refractivity contribution is 5.47. The summed E-state index contributed by atoms with van der Waals surface area (Å²) < 4.78 is 39.5. The van der Waals surface area contributed by atoms with Gasteiger partial charge in [0.2, 0.25) is 0 Å². The molecule has 2 aromatic heterocycles. The minimum atomic E-state index is -4.60. The maximum absolute atomic E-state index is 12.9. The number of hydrogen-bond acceptors (Lipinski definition) is 4. The summed E-state index contributed by atoms with van der Waals surface area (Å²) in [4.78, 5) is 1.80. The number of halogens is 3. The molecule has 0 amide bonds. The zero-order valence-electron chi connectivity index (χ0n) is 12.5. The number of hydrogen-bond donors (Lipinski definition) is 0. The summed E-state index contributed by atoms with van der Waals surface area (Å²) in [6, 6.07) is 12.7. The zero-order valence-corrected chi connectivity index (χ0v) is 12.5. The molecule has 23 heavy (non-hydrogen) atoms. The third-order valence-corrected chi connectivity index (χ3v) is 3.73.